The standard InChI is InChI=1S/C17H20BrFN2/c1-3-10-20-17(13-8-5-9-14(18)15(13)19)16-12(4-2)7-6-11-21-16/h5-9,11,17,20H,3-4,10H2,1-2H3. The molecule has 0 spiro atoms. The average molecular weight is 351 g/mol. The highest BCUT2D eigenvalue weighted by molar-refractivity contribution is 9.10. The Hall–Kier alpha value is -1.26. The molecule has 1 aromatic heterocycles. The van der Waals surface area contributed by atoms with Gasteiger partial charge in [-0.15, -0.1) is 0 Å². The summed E-state index contributed by atoms with van der Waals surface area (Å²) in [7, 11) is 0. The molecule has 0 saturated heterocycles. The second kappa shape index (κ2) is 7.66. The van der Waals surface area contributed by atoms with Crippen molar-refractivity contribution in [2.45, 2.75) is 32.7 Å². The number of hydrogen-bond acceptors (Lipinski definition) is 2. The predicted octanol–water partition coefficient (Wildman–Crippen LogP) is 4.63. The van der Waals surface area contributed by atoms with E-state index in [-0.39, 0.29) is 11.9 Å². The maximum absolute atomic E-state index is 14.5. The topological polar surface area (TPSA) is 24.9 Å². The van der Waals surface area contributed by atoms with E-state index in [1.54, 1.807) is 12.3 Å². The van der Waals surface area contributed by atoms with Gasteiger partial charge in [-0.2, -0.15) is 0 Å². The second-order valence-corrected chi connectivity index (χ2v) is 5.79. The SMILES string of the molecule is CCCNC(c1cccc(Br)c1F)c1ncccc1CC. The van der Waals surface area contributed by atoms with Crippen LogP contribution in [0.15, 0.2) is 41.0 Å². The van der Waals surface area contributed by atoms with Crippen LogP contribution in [0.5, 0.6) is 0 Å². The van der Waals surface area contributed by atoms with Crippen LogP contribution in [0, 0.1) is 5.82 Å². The number of nitrogens with zero attached hydrogens (tertiary/aromatic N) is 1. The number of pyridine rings is 1. The van der Waals surface area contributed by atoms with Crippen molar-refractivity contribution in [3.05, 3.63) is 63.6 Å². The van der Waals surface area contributed by atoms with E-state index >= 15 is 0 Å². The van der Waals surface area contributed by atoms with Crippen molar-refractivity contribution in [2.24, 2.45) is 0 Å². The van der Waals surface area contributed by atoms with E-state index in [2.05, 4.69) is 46.1 Å². The van der Waals surface area contributed by atoms with Crippen LogP contribution in [0.25, 0.3) is 0 Å². The highest BCUT2D eigenvalue weighted by Gasteiger charge is 2.21. The molecule has 0 aliphatic carbocycles. The molecule has 0 aliphatic heterocycles. The van der Waals surface area contributed by atoms with Gasteiger partial charge in [0.1, 0.15) is 5.82 Å². The number of benzene rings is 1. The first kappa shape index (κ1) is 16.1. The minimum Gasteiger partial charge on any atom is -0.305 e. The summed E-state index contributed by atoms with van der Waals surface area (Å²) in [5, 5.41) is 3.42. The fraction of sp³-hybridized carbons (Fsp3) is 0.353. The second-order valence-electron chi connectivity index (χ2n) is 4.93. The van der Waals surface area contributed by atoms with Crippen LogP contribution in [0.3, 0.4) is 0 Å². The van der Waals surface area contributed by atoms with Crippen molar-refractivity contribution in [1.82, 2.24) is 10.3 Å². The lowest BCUT2D eigenvalue weighted by Crippen LogP contribution is -2.26. The Balaban J connectivity index is 2.50. The van der Waals surface area contributed by atoms with Gasteiger partial charge in [0.2, 0.25) is 0 Å². The smallest absolute Gasteiger partial charge is 0.142 e. The first-order valence-electron chi connectivity index (χ1n) is 7.30. The first-order chi connectivity index (χ1) is 10.2. The molecule has 0 aliphatic rings. The summed E-state index contributed by atoms with van der Waals surface area (Å²) in [4.78, 5) is 4.51. The molecular formula is C17H20BrFN2. The van der Waals surface area contributed by atoms with Crippen molar-refractivity contribution < 1.29 is 4.39 Å². The molecule has 2 aromatic rings. The molecular weight excluding hydrogens is 331 g/mol. The van der Waals surface area contributed by atoms with E-state index in [4.69, 9.17) is 0 Å². The van der Waals surface area contributed by atoms with E-state index < -0.39 is 0 Å². The van der Waals surface area contributed by atoms with Crippen molar-refractivity contribution >= 4 is 15.9 Å². The molecule has 1 heterocycles. The first-order valence-corrected chi connectivity index (χ1v) is 8.09. The molecule has 0 fully saturated rings. The van der Waals surface area contributed by atoms with E-state index in [1.807, 2.05) is 18.2 Å². The quantitative estimate of drug-likeness (QED) is 0.821. The molecule has 1 N–H and O–H groups in total. The lowest BCUT2D eigenvalue weighted by Gasteiger charge is -2.22. The maximum atomic E-state index is 14.5. The largest absolute Gasteiger partial charge is 0.305 e. The molecule has 4 heteroatoms. The van der Waals surface area contributed by atoms with Gasteiger partial charge in [0.05, 0.1) is 16.2 Å². The van der Waals surface area contributed by atoms with Crippen LogP contribution in [-0.2, 0) is 6.42 Å². The predicted molar refractivity (Wildman–Crippen MR) is 87.9 cm³/mol. The third-order valence-electron chi connectivity index (χ3n) is 3.47. The van der Waals surface area contributed by atoms with E-state index in [1.165, 1.54) is 0 Å². The van der Waals surface area contributed by atoms with Gasteiger partial charge in [-0.25, -0.2) is 4.39 Å². The van der Waals surface area contributed by atoms with Gasteiger partial charge in [0.25, 0.3) is 0 Å². The lowest BCUT2D eigenvalue weighted by atomic mass is 9.97. The third-order valence-corrected chi connectivity index (χ3v) is 4.08. The number of aryl methyl sites for hydroxylation is 1. The Kier molecular flexibility index (Phi) is 5.88. The molecule has 0 bridgehead atoms. The number of hydrogen-bond donors (Lipinski definition) is 1. The molecule has 0 saturated carbocycles. The molecule has 2 rings (SSSR count). The van der Waals surface area contributed by atoms with E-state index in [9.17, 15) is 4.39 Å². The van der Waals surface area contributed by atoms with Gasteiger partial charge in [-0.3, -0.25) is 4.98 Å². The summed E-state index contributed by atoms with van der Waals surface area (Å²) in [6.45, 7) is 5.01. The van der Waals surface area contributed by atoms with Crippen LogP contribution in [-0.4, -0.2) is 11.5 Å². The van der Waals surface area contributed by atoms with Crippen LogP contribution in [0.4, 0.5) is 4.39 Å². The molecule has 112 valence electrons. The summed E-state index contributed by atoms with van der Waals surface area (Å²) >= 11 is 3.27. The van der Waals surface area contributed by atoms with Crippen LogP contribution in [0.2, 0.25) is 0 Å². The highest BCUT2D eigenvalue weighted by atomic mass is 79.9. The number of rotatable bonds is 6. The van der Waals surface area contributed by atoms with Crippen molar-refractivity contribution in [3.63, 3.8) is 0 Å². The number of nitrogens with one attached hydrogen (secondary N) is 1. The minimum absolute atomic E-state index is 0.223. The Morgan fingerprint density at radius 3 is 2.76 bits per heavy atom. The monoisotopic (exact) mass is 350 g/mol. The lowest BCUT2D eigenvalue weighted by molar-refractivity contribution is 0.533. The zero-order chi connectivity index (χ0) is 15.2. The number of aromatic nitrogens is 1. The molecule has 0 amide bonds. The van der Waals surface area contributed by atoms with Gasteiger partial charge in [-0.1, -0.05) is 32.0 Å². The zero-order valence-electron chi connectivity index (χ0n) is 12.4. The summed E-state index contributed by atoms with van der Waals surface area (Å²) in [6, 6.07) is 9.15. The number of halogens is 2. The Morgan fingerprint density at radius 1 is 1.24 bits per heavy atom. The molecule has 1 aromatic carbocycles. The minimum atomic E-state index is -0.224. The van der Waals surface area contributed by atoms with Crippen LogP contribution < -0.4 is 5.32 Å². The van der Waals surface area contributed by atoms with Crippen molar-refractivity contribution in [1.29, 1.82) is 0 Å². The Morgan fingerprint density at radius 2 is 2.05 bits per heavy atom. The molecule has 21 heavy (non-hydrogen) atoms. The van der Waals surface area contributed by atoms with Gasteiger partial charge in [0, 0.05) is 11.8 Å². The van der Waals surface area contributed by atoms with Crippen molar-refractivity contribution in [2.75, 3.05) is 6.54 Å². The maximum Gasteiger partial charge on any atom is 0.142 e. The summed E-state index contributed by atoms with van der Waals surface area (Å²) in [6.07, 6.45) is 3.63. The molecule has 0 radical (unpaired) electrons. The van der Waals surface area contributed by atoms with Gasteiger partial charge >= 0.3 is 0 Å². The zero-order valence-corrected chi connectivity index (χ0v) is 14.0. The highest BCUT2D eigenvalue weighted by Crippen LogP contribution is 2.29. The van der Waals surface area contributed by atoms with Crippen LogP contribution in [0.1, 0.15) is 43.1 Å². The third kappa shape index (κ3) is 3.69. The fourth-order valence-electron chi connectivity index (χ4n) is 2.40. The molecule has 2 nitrogen and oxygen atoms in total. The summed E-state index contributed by atoms with van der Waals surface area (Å²) in [5.41, 5.74) is 2.68. The fourth-order valence-corrected chi connectivity index (χ4v) is 2.78. The Bertz CT molecular complexity index is 601. The average Bonchev–Trinajstić information content (AvgIpc) is 2.52. The van der Waals surface area contributed by atoms with Gasteiger partial charge in [0.15, 0.2) is 0 Å². The van der Waals surface area contributed by atoms with Gasteiger partial charge < -0.3 is 5.32 Å². The summed E-state index contributed by atoms with van der Waals surface area (Å²) in [5.74, 6) is -0.223. The Labute approximate surface area is 133 Å². The molecule has 1 unspecified atom stereocenters. The van der Waals surface area contributed by atoms with E-state index in [0.29, 0.717) is 10.0 Å². The summed E-state index contributed by atoms with van der Waals surface area (Å²) < 4.78 is 15.0. The van der Waals surface area contributed by atoms with Crippen LogP contribution >= 0.6 is 15.9 Å². The van der Waals surface area contributed by atoms with Crippen molar-refractivity contribution in [3.8, 4) is 0 Å². The normalized spacial score (nSPS) is 12.4. The van der Waals surface area contributed by atoms with E-state index in [0.717, 1.165) is 30.6 Å². The van der Waals surface area contributed by atoms with Gasteiger partial charge in [-0.05, 0) is 53.0 Å². The molecule has 1 atom stereocenters.